The molecule has 1 aliphatic rings. The fraction of sp³-hybridized carbons (Fsp3) is 0.0233. The van der Waals surface area contributed by atoms with Crippen LogP contribution in [-0.2, 0) is 0 Å². The first-order valence-corrected chi connectivity index (χ1v) is 15.9. The molecule has 0 spiro atoms. The molecule has 4 nitrogen and oxygen atoms in total. The van der Waals surface area contributed by atoms with Crippen LogP contribution in [0, 0.1) is 0 Å². The largest absolute Gasteiger partial charge is 0.324 e. The van der Waals surface area contributed by atoms with Gasteiger partial charge in [-0.3, -0.25) is 0 Å². The Balaban J connectivity index is 1.11. The van der Waals surface area contributed by atoms with E-state index >= 15 is 0 Å². The van der Waals surface area contributed by atoms with Crippen LogP contribution in [0.1, 0.15) is 22.9 Å². The van der Waals surface area contributed by atoms with Gasteiger partial charge in [0.15, 0.2) is 6.17 Å². The Hall–Kier alpha value is -6.26. The molecule has 1 unspecified atom stereocenters. The van der Waals surface area contributed by atoms with Gasteiger partial charge >= 0.3 is 0 Å². The molecule has 47 heavy (non-hydrogen) atoms. The smallest absolute Gasteiger partial charge is 0.169 e. The fourth-order valence-electron chi connectivity index (χ4n) is 6.70. The van der Waals surface area contributed by atoms with E-state index in [1.165, 1.54) is 38.1 Å². The monoisotopic (exact) mass is 602 g/mol. The molecular formula is C43H30N4. The molecule has 1 aromatic heterocycles. The Bertz CT molecular complexity index is 2430. The van der Waals surface area contributed by atoms with Crippen LogP contribution in [0.3, 0.4) is 0 Å². The minimum absolute atomic E-state index is 0.391. The van der Waals surface area contributed by atoms with Crippen LogP contribution in [0.25, 0.3) is 49.4 Å². The van der Waals surface area contributed by atoms with E-state index in [1.54, 1.807) is 0 Å². The first-order valence-electron chi connectivity index (χ1n) is 15.9. The number of rotatable bonds is 5. The van der Waals surface area contributed by atoms with Gasteiger partial charge in [-0.2, -0.15) is 0 Å². The van der Waals surface area contributed by atoms with Gasteiger partial charge < -0.3 is 9.88 Å². The van der Waals surface area contributed by atoms with Crippen molar-refractivity contribution in [2.75, 3.05) is 0 Å². The molecule has 7 aromatic carbocycles. The van der Waals surface area contributed by atoms with Crippen molar-refractivity contribution in [2.24, 2.45) is 9.98 Å². The van der Waals surface area contributed by atoms with Crippen molar-refractivity contribution in [3.8, 4) is 16.8 Å². The fourth-order valence-corrected chi connectivity index (χ4v) is 6.70. The highest BCUT2D eigenvalue weighted by Crippen LogP contribution is 2.33. The maximum absolute atomic E-state index is 5.19. The topological polar surface area (TPSA) is 41.7 Å². The zero-order valence-electron chi connectivity index (χ0n) is 25.6. The van der Waals surface area contributed by atoms with Crippen molar-refractivity contribution in [1.82, 2.24) is 9.88 Å². The highest BCUT2D eigenvalue weighted by atomic mass is 15.2. The zero-order valence-corrected chi connectivity index (χ0v) is 25.6. The number of para-hydroxylation sites is 2. The second-order valence-electron chi connectivity index (χ2n) is 11.9. The van der Waals surface area contributed by atoms with Crippen LogP contribution in [0.5, 0.6) is 0 Å². The predicted octanol–water partition coefficient (Wildman–Crippen LogP) is 10.1. The van der Waals surface area contributed by atoms with Gasteiger partial charge in [0.25, 0.3) is 0 Å². The summed E-state index contributed by atoms with van der Waals surface area (Å²) in [6.45, 7) is 0. The Kier molecular flexibility index (Phi) is 6.50. The lowest BCUT2D eigenvalue weighted by Crippen LogP contribution is -2.36. The number of hydrogen-bond donors (Lipinski definition) is 1. The number of aliphatic imine (C=N–C) groups is 2. The van der Waals surface area contributed by atoms with Gasteiger partial charge in [0, 0.05) is 27.6 Å². The number of nitrogens with one attached hydrogen (secondary N) is 1. The van der Waals surface area contributed by atoms with Crippen molar-refractivity contribution >= 4 is 44.2 Å². The van der Waals surface area contributed by atoms with E-state index in [0.717, 1.165) is 39.6 Å². The number of benzene rings is 7. The molecule has 0 saturated carbocycles. The molecule has 1 N–H and O–H groups in total. The van der Waals surface area contributed by atoms with E-state index in [4.69, 9.17) is 9.98 Å². The highest BCUT2D eigenvalue weighted by Gasteiger charge is 2.21. The van der Waals surface area contributed by atoms with Crippen molar-refractivity contribution in [1.29, 1.82) is 0 Å². The highest BCUT2D eigenvalue weighted by molar-refractivity contribution is 6.16. The van der Waals surface area contributed by atoms with Crippen LogP contribution in [0.2, 0.25) is 0 Å². The molecule has 0 radical (unpaired) electrons. The SMILES string of the molecule is c1ccc(C2=NC(c3ccc(-n4c5ccccc5c5ccccc54)cc3)N=C(c3cccc(-c4ccc5ccccc5c4)c3)N2)cc1. The summed E-state index contributed by atoms with van der Waals surface area (Å²) in [5.41, 5.74) is 8.90. The molecule has 2 heterocycles. The van der Waals surface area contributed by atoms with Crippen molar-refractivity contribution < 1.29 is 0 Å². The molecule has 0 fully saturated rings. The summed E-state index contributed by atoms with van der Waals surface area (Å²) < 4.78 is 2.34. The summed E-state index contributed by atoms with van der Waals surface area (Å²) >= 11 is 0. The summed E-state index contributed by atoms with van der Waals surface area (Å²) in [4.78, 5) is 10.3. The third-order valence-electron chi connectivity index (χ3n) is 9.04. The van der Waals surface area contributed by atoms with Crippen LogP contribution in [0.4, 0.5) is 0 Å². The van der Waals surface area contributed by atoms with E-state index in [1.807, 2.05) is 18.2 Å². The van der Waals surface area contributed by atoms with Gasteiger partial charge in [-0.1, -0.05) is 133 Å². The summed E-state index contributed by atoms with van der Waals surface area (Å²) in [5.74, 6) is 1.61. The van der Waals surface area contributed by atoms with Gasteiger partial charge in [0.2, 0.25) is 0 Å². The van der Waals surface area contributed by atoms with E-state index < -0.39 is 6.17 Å². The van der Waals surface area contributed by atoms with Crippen LogP contribution in [-0.4, -0.2) is 16.2 Å². The molecular weight excluding hydrogens is 573 g/mol. The minimum Gasteiger partial charge on any atom is -0.324 e. The molecule has 1 aliphatic heterocycles. The molecule has 0 amide bonds. The lowest BCUT2D eigenvalue weighted by Gasteiger charge is -2.23. The predicted molar refractivity (Wildman–Crippen MR) is 196 cm³/mol. The van der Waals surface area contributed by atoms with Gasteiger partial charge in [0.1, 0.15) is 11.7 Å². The number of nitrogens with zero attached hydrogens (tertiary/aromatic N) is 3. The molecule has 1 atom stereocenters. The van der Waals surface area contributed by atoms with Gasteiger partial charge in [-0.25, -0.2) is 9.98 Å². The first kappa shape index (κ1) is 27.1. The van der Waals surface area contributed by atoms with E-state index in [0.29, 0.717) is 0 Å². The standard InChI is InChI=1S/C43H30N4/c1-2-12-30(13-3-1)41-44-42(31-23-25-36(26-24-31)47-39-19-8-6-17-37(39)38-18-7-9-20-40(38)47)46-43(45-41)35-16-10-15-33(28-35)34-22-21-29-11-4-5-14-32(29)27-34/h1-28,42H,(H,44,45,46). The lowest BCUT2D eigenvalue weighted by atomic mass is 9.99. The molecule has 0 bridgehead atoms. The third-order valence-corrected chi connectivity index (χ3v) is 9.04. The second kappa shape index (κ2) is 11.3. The maximum atomic E-state index is 5.19. The van der Waals surface area contributed by atoms with Gasteiger partial charge in [-0.05, 0) is 63.9 Å². The lowest BCUT2D eigenvalue weighted by molar-refractivity contribution is 0.755. The summed E-state index contributed by atoms with van der Waals surface area (Å²) in [5, 5.41) is 8.53. The van der Waals surface area contributed by atoms with E-state index in [2.05, 4.69) is 162 Å². The molecule has 222 valence electrons. The Morgan fingerprint density at radius 2 is 1.00 bits per heavy atom. The van der Waals surface area contributed by atoms with Crippen molar-refractivity contribution in [3.05, 3.63) is 187 Å². The number of aromatic nitrogens is 1. The van der Waals surface area contributed by atoms with Gasteiger partial charge in [0.05, 0.1) is 11.0 Å². The molecule has 8 aromatic rings. The van der Waals surface area contributed by atoms with Crippen LogP contribution >= 0.6 is 0 Å². The maximum Gasteiger partial charge on any atom is 0.169 e. The summed E-state index contributed by atoms with van der Waals surface area (Å²) in [6.07, 6.45) is -0.391. The first-order chi connectivity index (χ1) is 23.3. The Morgan fingerprint density at radius 1 is 0.426 bits per heavy atom. The van der Waals surface area contributed by atoms with E-state index in [9.17, 15) is 0 Å². The van der Waals surface area contributed by atoms with Crippen LogP contribution in [0.15, 0.2) is 180 Å². The molecule has 0 saturated heterocycles. The Labute approximate surface area is 273 Å². The second-order valence-corrected chi connectivity index (χ2v) is 11.9. The van der Waals surface area contributed by atoms with Gasteiger partial charge in [-0.15, -0.1) is 0 Å². The summed E-state index contributed by atoms with van der Waals surface area (Å²) in [6, 6.07) is 59.9. The number of amidine groups is 2. The van der Waals surface area contributed by atoms with Crippen LogP contribution < -0.4 is 5.32 Å². The molecule has 0 aliphatic carbocycles. The quantitative estimate of drug-likeness (QED) is 0.209. The minimum atomic E-state index is -0.391. The Morgan fingerprint density at radius 3 is 1.74 bits per heavy atom. The summed E-state index contributed by atoms with van der Waals surface area (Å²) in [7, 11) is 0. The number of fused-ring (bicyclic) bond motifs is 4. The average Bonchev–Trinajstić information content (AvgIpc) is 3.49. The normalized spacial score (nSPS) is 14.6. The third kappa shape index (κ3) is 4.88. The average molecular weight is 603 g/mol. The zero-order chi connectivity index (χ0) is 31.2. The van der Waals surface area contributed by atoms with Crippen molar-refractivity contribution in [3.63, 3.8) is 0 Å². The number of hydrogen-bond acceptors (Lipinski definition) is 3. The molecule has 9 rings (SSSR count). The van der Waals surface area contributed by atoms with Crippen molar-refractivity contribution in [2.45, 2.75) is 6.17 Å². The van der Waals surface area contributed by atoms with E-state index in [-0.39, 0.29) is 0 Å². The molecule has 4 heteroatoms.